The third kappa shape index (κ3) is 3.29. The highest BCUT2D eigenvalue weighted by atomic mass is 16.2. The van der Waals surface area contributed by atoms with Crippen LogP contribution in [0.5, 0.6) is 0 Å². The number of aromatic nitrogens is 3. The Bertz CT molecular complexity index is 987. The van der Waals surface area contributed by atoms with Gasteiger partial charge in [-0.1, -0.05) is 6.42 Å². The standard InChI is InChI=1S/C22H31N5O2/c1-14(2)25-10-8-18-17(13-25)22(29)27-20(23-18)11-19(24-27)16-7-4-9-26(12-16)21(28)15-5-3-6-15/h11,14-16,24H,3-10,12-13H2,1-2H3/t16-/m1/s1. The number of carbonyl (C=O) groups is 1. The van der Waals surface area contributed by atoms with E-state index < -0.39 is 0 Å². The summed E-state index contributed by atoms with van der Waals surface area (Å²) in [6.45, 7) is 7.57. The fourth-order valence-electron chi connectivity index (χ4n) is 5.02. The van der Waals surface area contributed by atoms with Gasteiger partial charge in [-0.05, 0) is 39.5 Å². The van der Waals surface area contributed by atoms with Crippen LogP contribution in [0.2, 0.25) is 0 Å². The van der Waals surface area contributed by atoms with Gasteiger partial charge in [0.25, 0.3) is 5.56 Å². The highest BCUT2D eigenvalue weighted by molar-refractivity contribution is 5.79. The van der Waals surface area contributed by atoms with Gasteiger partial charge in [-0.3, -0.25) is 19.6 Å². The summed E-state index contributed by atoms with van der Waals surface area (Å²) in [4.78, 5) is 35.0. The van der Waals surface area contributed by atoms with E-state index in [2.05, 4.69) is 23.8 Å². The average Bonchev–Trinajstić information content (AvgIpc) is 3.11. The molecule has 1 aliphatic carbocycles. The third-order valence-corrected chi connectivity index (χ3v) is 7.17. The van der Waals surface area contributed by atoms with Crippen molar-refractivity contribution >= 4 is 11.6 Å². The Morgan fingerprint density at radius 1 is 1.21 bits per heavy atom. The van der Waals surface area contributed by atoms with Crippen molar-refractivity contribution in [2.24, 2.45) is 5.92 Å². The molecule has 3 aliphatic rings. The van der Waals surface area contributed by atoms with Crippen LogP contribution in [-0.2, 0) is 17.8 Å². The van der Waals surface area contributed by atoms with Gasteiger partial charge in [-0.25, -0.2) is 9.50 Å². The number of aromatic amines is 1. The summed E-state index contributed by atoms with van der Waals surface area (Å²) in [5, 5.41) is 3.33. The maximum absolute atomic E-state index is 13.1. The molecule has 1 saturated heterocycles. The van der Waals surface area contributed by atoms with E-state index in [0.29, 0.717) is 24.1 Å². The number of carbonyl (C=O) groups excluding carboxylic acids is 1. The molecule has 2 fully saturated rings. The molecule has 1 amide bonds. The summed E-state index contributed by atoms with van der Waals surface area (Å²) in [7, 11) is 0. The van der Waals surface area contributed by atoms with E-state index in [0.717, 1.165) is 68.7 Å². The van der Waals surface area contributed by atoms with Crippen molar-refractivity contribution in [1.82, 2.24) is 24.4 Å². The lowest BCUT2D eigenvalue weighted by molar-refractivity contribution is -0.139. The van der Waals surface area contributed by atoms with Crippen molar-refractivity contribution in [3.8, 4) is 0 Å². The SMILES string of the molecule is CC(C)N1CCc2nc3cc([C@@H]4CCCN(C(=O)C5CCC5)C4)[nH]n3c(=O)c2C1. The number of H-pyrrole nitrogens is 1. The lowest BCUT2D eigenvalue weighted by atomic mass is 9.83. The molecule has 1 atom stereocenters. The van der Waals surface area contributed by atoms with E-state index in [4.69, 9.17) is 4.98 Å². The summed E-state index contributed by atoms with van der Waals surface area (Å²) in [6, 6.07) is 2.45. The first-order valence-electron chi connectivity index (χ1n) is 11.2. The van der Waals surface area contributed by atoms with Crippen molar-refractivity contribution < 1.29 is 4.79 Å². The van der Waals surface area contributed by atoms with Gasteiger partial charge in [0.2, 0.25) is 5.91 Å². The number of nitrogens with zero attached hydrogens (tertiary/aromatic N) is 4. The number of fused-ring (bicyclic) bond motifs is 2. The zero-order valence-electron chi connectivity index (χ0n) is 17.5. The van der Waals surface area contributed by atoms with Crippen molar-refractivity contribution in [3.63, 3.8) is 0 Å². The lowest BCUT2D eigenvalue weighted by Crippen LogP contribution is -2.44. The van der Waals surface area contributed by atoms with Gasteiger partial charge in [0.15, 0.2) is 5.65 Å². The van der Waals surface area contributed by atoms with Crippen LogP contribution < -0.4 is 5.56 Å². The van der Waals surface area contributed by atoms with Crippen molar-refractivity contribution in [1.29, 1.82) is 0 Å². The second-order valence-corrected chi connectivity index (χ2v) is 9.31. The predicted molar refractivity (Wildman–Crippen MR) is 111 cm³/mol. The molecule has 7 heteroatoms. The average molecular weight is 398 g/mol. The molecule has 1 saturated carbocycles. The summed E-state index contributed by atoms with van der Waals surface area (Å²) in [5.41, 5.74) is 3.54. The molecule has 0 unspecified atom stereocenters. The molecule has 2 aromatic heterocycles. The van der Waals surface area contributed by atoms with Gasteiger partial charge in [0.05, 0.1) is 11.3 Å². The summed E-state index contributed by atoms with van der Waals surface area (Å²) < 4.78 is 1.62. The molecule has 29 heavy (non-hydrogen) atoms. The van der Waals surface area contributed by atoms with E-state index >= 15 is 0 Å². The Kier molecular flexibility index (Phi) is 4.73. The van der Waals surface area contributed by atoms with Crippen LogP contribution in [-0.4, -0.2) is 56.0 Å². The first-order chi connectivity index (χ1) is 14.0. The number of nitrogens with one attached hydrogen (secondary N) is 1. The minimum Gasteiger partial charge on any atom is -0.342 e. The fraction of sp³-hybridized carbons (Fsp3) is 0.682. The number of amides is 1. The Morgan fingerprint density at radius 3 is 2.76 bits per heavy atom. The van der Waals surface area contributed by atoms with Crippen LogP contribution in [0.4, 0.5) is 0 Å². The molecule has 0 aromatic carbocycles. The summed E-state index contributed by atoms with van der Waals surface area (Å²) >= 11 is 0. The first kappa shape index (κ1) is 18.9. The van der Waals surface area contributed by atoms with E-state index in [9.17, 15) is 9.59 Å². The van der Waals surface area contributed by atoms with E-state index in [1.165, 1.54) is 6.42 Å². The second-order valence-electron chi connectivity index (χ2n) is 9.31. The molecular weight excluding hydrogens is 366 g/mol. The van der Waals surface area contributed by atoms with E-state index in [-0.39, 0.29) is 17.4 Å². The normalized spacial score (nSPS) is 23.4. The molecular formula is C22H31N5O2. The number of hydrogen-bond donors (Lipinski definition) is 1. The van der Waals surface area contributed by atoms with Crippen LogP contribution in [0.3, 0.4) is 0 Å². The van der Waals surface area contributed by atoms with Crippen LogP contribution >= 0.6 is 0 Å². The van der Waals surface area contributed by atoms with Crippen LogP contribution in [0.15, 0.2) is 10.9 Å². The van der Waals surface area contributed by atoms with Crippen molar-refractivity contribution in [2.45, 2.75) is 70.9 Å². The lowest BCUT2D eigenvalue weighted by Gasteiger charge is -2.37. The first-order valence-corrected chi connectivity index (χ1v) is 11.2. The van der Waals surface area contributed by atoms with Crippen LogP contribution in [0.25, 0.3) is 5.65 Å². The quantitative estimate of drug-likeness (QED) is 0.862. The highest BCUT2D eigenvalue weighted by Crippen LogP contribution is 2.32. The minimum atomic E-state index is 0.0276. The third-order valence-electron chi connectivity index (χ3n) is 7.17. The maximum Gasteiger partial charge on any atom is 0.277 e. The van der Waals surface area contributed by atoms with E-state index in [1.54, 1.807) is 4.52 Å². The van der Waals surface area contributed by atoms with E-state index in [1.807, 2.05) is 11.0 Å². The Balaban J connectivity index is 1.42. The summed E-state index contributed by atoms with van der Waals surface area (Å²) in [5.74, 6) is 0.825. The monoisotopic (exact) mass is 397 g/mol. The van der Waals surface area contributed by atoms with Crippen molar-refractivity contribution in [3.05, 3.63) is 33.4 Å². The topological polar surface area (TPSA) is 73.7 Å². The molecule has 156 valence electrons. The number of hydrogen-bond acceptors (Lipinski definition) is 4. The van der Waals surface area contributed by atoms with Gasteiger partial charge >= 0.3 is 0 Å². The number of rotatable bonds is 3. The Morgan fingerprint density at radius 2 is 2.03 bits per heavy atom. The van der Waals surface area contributed by atoms with Gasteiger partial charge in [-0.15, -0.1) is 0 Å². The molecule has 2 aliphatic heterocycles. The smallest absolute Gasteiger partial charge is 0.277 e. The maximum atomic E-state index is 13.1. The van der Waals surface area contributed by atoms with Gasteiger partial charge in [-0.2, -0.15) is 0 Å². The van der Waals surface area contributed by atoms with Crippen LogP contribution in [0, 0.1) is 5.92 Å². The summed E-state index contributed by atoms with van der Waals surface area (Å²) in [6.07, 6.45) is 6.16. The minimum absolute atomic E-state index is 0.0276. The molecule has 0 bridgehead atoms. The molecule has 7 nitrogen and oxygen atoms in total. The molecule has 0 spiro atoms. The fourth-order valence-corrected chi connectivity index (χ4v) is 5.02. The molecule has 2 aromatic rings. The van der Waals surface area contributed by atoms with Crippen LogP contribution in [0.1, 0.15) is 68.8 Å². The molecule has 4 heterocycles. The Labute approximate surface area is 171 Å². The molecule has 1 N–H and O–H groups in total. The highest BCUT2D eigenvalue weighted by Gasteiger charge is 2.33. The largest absolute Gasteiger partial charge is 0.342 e. The second kappa shape index (κ2) is 7.27. The number of piperidine rings is 1. The zero-order chi connectivity index (χ0) is 20.1. The molecule has 0 radical (unpaired) electrons. The van der Waals surface area contributed by atoms with Crippen molar-refractivity contribution in [2.75, 3.05) is 19.6 Å². The molecule has 5 rings (SSSR count). The zero-order valence-corrected chi connectivity index (χ0v) is 17.5. The van der Waals surface area contributed by atoms with Gasteiger partial charge < -0.3 is 4.90 Å². The van der Waals surface area contributed by atoms with Gasteiger partial charge in [0, 0.05) is 62.2 Å². The Hall–Kier alpha value is -2.15. The number of likely N-dealkylation sites (tertiary alicyclic amines) is 1. The van der Waals surface area contributed by atoms with Gasteiger partial charge in [0.1, 0.15) is 0 Å². The predicted octanol–water partition coefficient (Wildman–Crippen LogP) is 2.30.